The maximum Gasteiger partial charge on any atom is 0.187 e. The lowest BCUT2D eigenvalue weighted by atomic mass is 10.3. The highest BCUT2D eigenvalue weighted by Crippen LogP contribution is 2.23. The number of thiazole rings is 1. The molecular formula is C11H9ClN2OS. The van der Waals surface area contributed by atoms with Gasteiger partial charge in [0.2, 0.25) is 0 Å². The molecular weight excluding hydrogens is 244 g/mol. The van der Waals surface area contributed by atoms with Gasteiger partial charge in [0.1, 0.15) is 5.69 Å². The molecule has 0 fully saturated rings. The third-order valence-electron chi connectivity index (χ3n) is 1.94. The number of halogens is 1. The van der Waals surface area contributed by atoms with Gasteiger partial charge in [0.15, 0.2) is 10.9 Å². The number of hydrogen-bond acceptors (Lipinski definition) is 4. The van der Waals surface area contributed by atoms with Crippen LogP contribution in [0.4, 0.5) is 10.8 Å². The van der Waals surface area contributed by atoms with Crippen LogP contribution in [0.2, 0.25) is 5.02 Å². The van der Waals surface area contributed by atoms with Crippen LogP contribution in [0.15, 0.2) is 29.6 Å². The molecule has 82 valence electrons. The largest absolute Gasteiger partial charge is 0.331 e. The van der Waals surface area contributed by atoms with Crippen molar-refractivity contribution in [1.82, 2.24) is 4.98 Å². The molecule has 3 nitrogen and oxygen atoms in total. The molecule has 0 bridgehead atoms. The molecule has 0 saturated carbocycles. The summed E-state index contributed by atoms with van der Waals surface area (Å²) in [5.74, 6) is -0.0320. The molecule has 0 radical (unpaired) electrons. The Morgan fingerprint density at radius 3 is 2.94 bits per heavy atom. The van der Waals surface area contributed by atoms with E-state index >= 15 is 0 Å². The van der Waals surface area contributed by atoms with Crippen molar-refractivity contribution in [2.75, 3.05) is 5.32 Å². The van der Waals surface area contributed by atoms with Crippen molar-refractivity contribution < 1.29 is 4.79 Å². The number of benzene rings is 1. The summed E-state index contributed by atoms with van der Waals surface area (Å²) < 4.78 is 0. The van der Waals surface area contributed by atoms with Crippen LogP contribution in [-0.2, 0) is 0 Å². The number of ketones is 1. The number of nitrogens with zero attached hydrogens (tertiary/aromatic N) is 1. The number of carbonyl (C=O) groups excluding carboxylic acids is 1. The SMILES string of the molecule is CC(=O)c1csc(Nc2cccc(Cl)c2)n1. The molecule has 5 heteroatoms. The minimum atomic E-state index is -0.0320. The van der Waals surface area contributed by atoms with Crippen molar-refractivity contribution in [2.24, 2.45) is 0 Å². The van der Waals surface area contributed by atoms with E-state index in [1.54, 1.807) is 17.5 Å². The molecule has 0 saturated heterocycles. The summed E-state index contributed by atoms with van der Waals surface area (Å²) in [6, 6.07) is 7.34. The first-order valence-electron chi connectivity index (χ1n) is 4.64. The normalized spacial score (nSPS) is 10.1. The van der Waals surface area contributed by atoms with E-state index in [0.29, 0.717) is 15.8 Å². The van der Waals surface area contributed by atoms with Crippen molar-refractivity contribution in [3.63, 3.8) is 0 Å². The van der Waals surface area contributed by atoms with Crippen LogP contribution >= 0.6 is 22.9 Å². The standard InChI is InChI=1S/C11H9ClN2OS/c1-7(15)10-6-16-11(14-10)13-9-4-2-3-8(12)5-9/h2-6H,1H3,(H,13,14). The molecule has 0 aliphatic rings. The molecule has 0 spiro atoms. The van der Waals surface area contributed by atoms with Gasteiger partial charge in [-0.25, -0.2) is 4.98 Å². The quantitative estimate of drug-likeness (QED) is 0.846. The number of hydrogen-bond donors (Lipinski definition) is 1. The number of Topliss-reactive ketones (excluding diaryl/α,β-unsaturated/α-hetero) is 1. The maximum atomic E-state index is 11.1. The zero-order valence-electron chi connectivity index (χ0n) is 8.53. The molecule has 1 heterocycles. The predicted octanol–water partition coefficient (Wildman–Crippen LogP) is 3.74. The lowest BCUT2D eigenvalue weighted by molar-refractivity contribution is 0.101. The van der Waals surface area contributed by atoms with E-state index in [1.165, 1.54) is 18.3 Å². The predicted molar refractivity (Wildman–Crippen MR) is 66.9 cm³/mol. The van der Waals surface area contributed by atoms with E-state index in [0.717, 1.165) is 5.69 Å². The fraction of sp³-hybridized carbons (Fsp3) is 0.0909. The summed E-state index contributed by atoms with van der Waals surface area (Å²) in [6.45, 7) is 1.50. The van der Waals surface area contributed by atoms with Crippen LogP contribution in [-0.4, -0.2) is 10.8 Å². The van der Waals surface area contributed by atoms with Crippen LogP contribution in [0, 0.1) is 0 Å². The average molecular weight is 253 g/mol. The van der Waals surface area contributed by atoms with Gasteiger partial charge >= 0.3 is 0 Å². The van der Waals surface area contributed by atoms with Crippen LogP contribution < -0.4 is 5.32 Å². The average Bonchev–Trinajstić information content (AvgIpc) is 2.66. The fourth-order valence-corrected chi connectivity index (χ4v) is 2.14. The Balaban J connectivity index is 2.17. The highest BCUT2D eigenvalue weighted by Gasteiger charge is 2.05. The van der Waals surface area contributed by atoms with Crippen LogP contribution in [0.5, 0.6) is 0 Å². The number of rotatable bonds is 3. The molecule has 0 aliphatic carbocycles. The van der Waals surface area contributed by atoms with E-state index in [1.807, 2.05) is 12.1 Å². The van der Waals surface area contributed by atoms with Gasteiger partial charge in [-0.2, -0.15) is 0 Å². The van der Waals surface area contributed by atoms with Crippen molar-refractivity contribution in [3.8, 4) is 0 Å². The second-order valence-corrected chi connectivity index (χ2v) is 4.52. The number of anilines is 2. The van der Waals surface area contributed by atoms with E-state index in [-0.39, 0.29) is 5.78 Å². The van der Waals surface area contributed by atoms with E-state index in [4.69, 9.17) is 11.6 Å². The van der Waals surface area contributed by atoms with Crippen molar-refractivity contribution >= 4 is 39.5 Å². The summed E-state index contributed by atoms with van der Waals surface area (Å²) in [4.78, 5) is 15.2. The van der Waals surface area contributed by atoms with Crippen molar-refractivity contribution in [2.45, 2.75) is 6.92 Å². The first-order valence-corrected chi connectivity index (χ1v) is 5.90. The zero-order chi connectivity index (χ0) is 11.5. The maximum absolute atomic E-state index is 11.1. The third-order valence-corrected chi connectivity index (χ3v) is 2.93. The number of carbonyl (C=O) groups is 1. The summed E-state index contributed by atoms with van der Waals surface area (Å²) in [6.07, 6.45) is 0. The molecule has 16 heavy (non-hydrogen) atoms. The third kappa shape index (κ3) is 2.59. The molecule has 1 aromatic carbocycles. The van der Waals surface area contributed by atoms with Crippen LogP contribution in [0.25, 0.3) is 0 Å². The lowest BCUT2D eigenvalue weighted by Gasteiger charge is -2.01. The fourth-order valence-electron chi connectivity index (χ4n) is 1.18. The molecule has 1 aromatic heterocycles. The van der Waals surface area contributed by atoms with E-state index < -0.39 is 0 Å². The molecule has 0 aliphatic heterocycles. The minimum absolute atomic E-state index is 0.0320. The molecule has 0 unspecified atom stereocenters. The first-order chi connectivity index (χ1) is 7.65. The Kier molecular flexibility index (Phi) is 3.22. The Morgan fingerprint density at radius 1 is 1.50 bits per heavy atom. The van der Waals surface area contributed by atoms with Gasteiger partial charge in [0, 0.05) is 23.0 Å². The van der Waals surface area contributed by atoms with Crippen LogP contribution in [0.1, 0.15) is 17.4 Å². The summed E-state index contributed by atoms with van der Waals surface area (Å²) >= 11 is 7.25. The Hall–Kier alpha value is -1.39. The first kappa shape index (κ1) is 11.1. The molecule has 2 rings (SSSR count). The van der Waals surface area contributed by atoms with Gasteiger partial charge in [-0.1, -0.05) is 17.7 Å². The highest BCUT2D eigenvalue weighted by molar-refractivity contribution is 7.14. The molecule has 2 aromatic rings. The topological polar surface area (TPSA) is 42.0 Å². The van der Waals surface area contributed by atoms with Crippen molar-refractivity contribution in [3.05, 3.63) is 40.4 Å². The number of aromatic nitrogens is 1. The molecule has 0 amide bonds. The highest BCUT2D eigenvalue weighted by atomic mass is 35.5. The Bertz CT molecular complexity index is 524. The van der Waals surface area contributed by atoms with Gasteiger partial charge in [0.05, 0.1) is 0 Å². The van der Waals surface area contributed by atoms with Gasteiger partial charge < -0.3 is 5.32 Å². The van der Waals surface area contributed by atoms with Gasteiger partial charge in [-0.05, 0) is 18.2 Å². The smallest absolute Gasteiger partial charge is 0.187 e. The van der Waals surface area contributed by atoms with Gasteiger partial charge in [-0.3, -0.25) is 4.79 Å². The van der Waals surface area contributed by atoms with E-state index in [2.05, 4.69) is 10.3 Å². The zero-order valence-corrected chi connectivity index (χ0v) is 10.1. The monoisotopic (exact) mass is 252 g/mol. The second-order valence-electron chi connectivity index (χ2n) is 3.23. The lowest BCUT2D eigenvalue weighted by Crippen LogP contribution is -1.94. The second kappa shape index (κ2) is 4.63. The molecule has 0 atom stereocenters. The Morgan fingerprint density at radius 2 is 2.31 bits per heavy atom. The summed E-state index contributed by atoms with van der Waals surface area (Å²) in [5, 5.41) is 6.17. The summed E-state index contributed by atoms with van der Waals surface area (Å²) in [7, 11) is 0. The number of nitrogens with one attached hydrogen (secondary N) is 1. The van der Waals surface area contributed by atoms with Gasteiger partial charge in [0.25, 0.3) is 0 Å². The Labute approximate surface area is 102 Å². The van der Waals surface area contributed by atoms with Gasteiger partial charge in [-0.15, -0.1) is 11.3 Å². The summed E-state index contributed by atoms with van der Waals surface area (Å²) in [5.41, 5.74) is 1.34. The minimum Gasteiger partial charge on any atom is -0.331 e. The van der Waals surface area contributed by atoms with Crippen LogP contribution in [0.3, 0.4) is 0 Å². The van der Waals surface area contributed by atoms with E-state index in [9.17, 15) is 4.79 Å². The van der Waals surface area contributed by atoms with Crippen molar-refractivity contribution in [1.29, 1.82) is 0 Å². The molecule has 1 N–H and O–H groups in total.